The van der Waals surface area contributed by atoms with Gasteiger partial charge in [0, 0.05) is 12.6 Å². The van der Waals surface area contributed by atoms with Crippen LogP contribution in [-0.4, -0.2) is 18.6 Å². The van der Waals surface area contributed by atoms with Gasteiger partial charge >= 0.3 is 0 Å². The average molecular weight is 264 g/mol. The first kappa shape index (κ1) is 15.5. The first-order valence-electron chi connectivity index (χ1n) is 6.70. The minimum Gasteiger partial charge on any atom is -0.483 e. The molecule has 0 radical (unpaired) electrons. The summed E-state index contributed by atoms with van der Waals surface area (Å²) in [5.41, 5.74) is 8.72. The SMILES string of the molecule is CCC(C)NC(=O)COc1c(C)cc(CN)cc1C. The van der Waals surface area contributed by atoms with Crippen molar-refractivity contribution in [3.05, 3.63) is 28.8 Å². The van der Waals surface area contributed by atoms with Crippen molar-refractivity contribution >= 4 is 5.91 Å². The molecular formula is C15H24N2O2. The minimum absolute atomic E-state index is 0.0496. The highest BCUT2D eigenvalue weighted by molar-refractivity contribution is 5.77. The molecule has 0 heterocycles. The van der Waals surface area contributed by atoms with Crippen LogP contribution in [0.4, 0.5) is 0 Å². The van der Waals surface area contributed by atoms with E-state index in [0.29, 0.717) is 6.54 Å². The first-order valence-corrected chi connectivity index (χ1v) is 6.70. The molecule has 0 spiro atoms. The van der Waals surface area contributed by atoms with Gasteiger partial charge in [0.15, 0.2) is 6.61 Å². The van der Waals surface area contributed by atoms with E-state index in [1.165, 1.54) is 0 Å². The van der Waals surface area contributed by atoms with E-state index in [1.807, 2.05) is 39.8 Å². The van der Waals surface area contributed by atoms with Gasteiger partial charge in [-0.25, -0.2) is 0 Å². The van der Waals surface area contributed by atoms with Gasteiger partial charge in [0.05, 0.1) is 0 Å². The van der Waals surface area contributed by atoms with E-state index in [-0.39, 0.29) is 18.6 Å². The molecule has 0 saturated heterocycles. The van der Waals surface area contributed by atoms with Crippen molar-refractivity contribution in [3.8, 4) is 5.75 Å². The number of nitrogens with two attached hydrogens (primary N) is 1. The molecule has 106 valence electrons. The van der Waals surface area contributed by atoms with Crippen LogP contribution in [0.3, 0.4) is 0 Å². The third-order valence-electron chi connectivity index (χ3n) is 3.12. The summed E-state index contributed by atoms with van der Waals surface area (Å²) < 4.78 is 5.62. The molecule has 4 heteroatoms. The third-order valence-corrected chi connectivity index (χ3v) is 3.12. The maximum Gasteiger partial charge on any atom is 0.258 e. The Labute approximate surface area is 115 Å². The summed E-state index contributed by atoms with van der Waals surface area (Å²) in [4.78, 5) is 11.7. The Hall–Kier alpha value is -1.55. The van der Waals surface area contributed by atoms with Gasteiger partial charge in [-0.05, 0) is 43.9 Å². The molecule has 0 bridgehead atoms. The third kappa shape index (κ3) is 4.56. The molecule has 1 aromatic carbocycles. The first-order chi connectivity index (χ1) is 8.97. The van der Waals surface area contributed by atoms with E-state index in [2.05, 4.69) is 5.32 Å². The molecule has 1 rings (SSSR count). The Bertz CT molecular complexity index is 421. The Morgan fingerprint density at radius 1 is 1.37 bits per heavy atom. The monoisotopic (exact) mass is 264 g/mol. The van der Waals surface area contributed by atoms with E-state index >= 15 is 0 Å². The van der Waals surface area contributed by atoms with Crippen LogP contribution >= 0.6 is 0 Å². The Morgan fingerprint density at radius 2 is 1.95 bits per heavy atom. The zero-order valence-corrected chi connectivity index (χ0v) is 12.2. The molecule has 0 aromatic heterocycles. The number of hydrogen-bond acceptors (Lipinski definition) is 3. The predicted molar refractivity (Wildman–Crippen MR) is 77.2 cm³/mol. The van der Waals surface area contributed by atoms with E-state index in [0.717, 1.165) is 28.9 Å². The van der Waals surface area contributed by atoms with Gasteiger partial charge in [-0.1, -0.05) is 19.1 Å². The molecular weight excluding hydrogens is 240 g/mol. The highest BCUT2D eigenvalue weighted by Crippen LogP contribution is 2.24. The summed E-state index contributed by atoms with van der Waals surface area (Å²) in [6.45, 7) is 8.50. The van der Waals surface area contributed by atoms with Gasteiger partial charge in [0.1, 0.15) is 5.75 Å². The molecule has 3 N–H and O–H groups in total. The van der Waals surface area contributed by atoms with Crippen LogP contribution in [0.1, 0.15) is 37.0 Å². The van der Waals surface area contributed by atoms with Gasteiger partial charge in [-0.2, -0.15) is 0 Å². The Kier molecular flexibility index (Phi) is 5.83. The highest BCUT2D eigenvalue weighted by atomic mass is 16.5. The van der Waals surface area contributed by atoms with Crippen LogP contribution in [0, 0.1) is 13.8 Å². The summed E-state index contributed by atoms with van der Waals surface area (Å²) in [7, 11) is 0. The second-order valence-corrected chi connectivity index (χ2v) is 4.93. The minimum atomic E-state index is -0.0870. The second-order valence-electron chi connectivity index (χ2n) is 4.93. The zero-order valence-electron chi connectivity index (χ0n) is 12.2. The Morgan fingerprint density at radius 3 is 2.42 bits per heavy atom. The molecule has 0 fully saturated rings. The molecule has 4 nitrogen and oxygen atoms in total. The zero-order chi connectivity index (χ0) is 14.4. The van der Waals surface area contributed by atoms with Gasteiger partial charge < -0.3 is 15.8 Å². The van der Waals surface area contributed by atoms with E-state index in [9.17, 15) is 4.79 Å². The number of benzene rings is 1. The molecule has 0 aliphatic heterocycles. The quantitative estimate of drug-likeness (QED) is 0.826. The lowest BCUT2D eigenvalue weighted by Gasteiger charge is -2.15. The number of rotatable bonds is 6. The summed E-state index contributed by atoms with van der Waals surface area (Å²) in [6, 6.07) is 4.17. The molecule has 0 aliphatic rings. The summed E-state index contributed by atoms with van der Waals surface area (Å²) >= 11 is 0. The van der Waals surface area contributed by atoms with E-state index in [1.54, 1.807) is 0 Å². The topological polar surface area (TPSA) is 64.3 Å². The van der Waals surface area contributed by atoms with Crippen molar-refractivity contribution in [1.29, 1.82) is 0 Å². The van der Waals surface area contributed by atoms with Crippen molar-refractivity contribution < 1.29 is 9.53 Å². The number of amides is 1. The number of ether oxygens (including phenoxy) is 1. The number of carbonyl (C=O) groups excluding carboxylic acids is 1. The number of aryl methyl sites for hydroxylation is 2. The van der Waals surface area contributed by atoms with Crippen molar-refractivity contribution in [3.63, 3.8) is 0 Å². The lowest BCUT2D eigenvalue weighted by atomic mass is 10.1. The van der Waals surface area contributed by atoms with Gasteiger partial charge in [-0.3, -0.25) is 4.79 Å². The maximum absolute atomic E-state index is 11.7. The summed E-state index contributed by atoms with van der Waals surface area (Å²) in [5, 5.41) is 2.88. The molecule has 19 heavy (non-hydrogen) atoms. The van der Waals surface area contributed by atoms with Crippen LogP contribution in [0.5, 0.6) is 5.75 Å². The van der Waals surface area contributed by atoms with Crippen LogP contribution < -0.4 is 15.8 Å². The number of hydrogen-bond donors (Lipinski definition) is 2. The van der Waals surface area contributed by atoms with Crippen LogP contribution in [0.15, 0.2) is 12.1 Å². The molecule has 1 amide bonds. The maximum atomic E-state index is 11.7. The number of carbonyl (C=O) groups is 1. The summed E-state index contributed by atoms with van der Waals surface area (Å²) in [6.07, 6.45) is 0.912. The average Bonchev–Trinajstić information content (AvgIpc) is 2.37. The predicted octanol–water partition coefficient (Wildman–Crippen LogP) is 2.06. The standard InChI is InChI=1S/C15H24N2O2/c1-5-12(4)17-14(18)9-19-15-10(2)6-13(8-16)7-11(15)3/h6-7,12H,5,8-9,16H2,1-4H3,(H,17,18). The van der Waals surface area contributed by atoms with Gasteiger partial charge in [0.2, 0.25) is 0 Å². The van der Waals surface area contributed by atoms with Crippen molar-refractivity contribution in [2.45, 2.75) is 46.7 Å². The smallest absolute Gasteiger partial charge is 0.258 e. The number of nitrogens with one attached hydrogen (secondary N) is 1. The second kappa shape index (κ2) is 7.14. The van der Waals surface area contributed by atoms with Crippen molar-refractivity contribution in [2.24, 2.45) is 5.73 Å². The summed E-state index contributed by atoms with van der Waals surface area (Å²) in [5.74, 6) is 0.688. The van der Waals surface area contributed by atoms with Gasteiger partial charge in [0.25, 0.3) is 5.91 Å². The molecule has 0 aliphatic carbocycles. The highest BCUT2D eigenvalue weighted by Gasteiger charge is 2.10. The van der Waals surface area contributed by atoms with E-state index in [4.69, 9.17) is 10.5 Å². The van der Waals surface area contributed by atoms with Crippen LogP contribution in [0.2, 0.25) is 0 Å². The molecule has 1 atom stereocenters. The lowest BCUT2D eigenvalue weighted by molar-refractivity contribution is -0.123. The fourth-order valence-corrected chi connectivity index (χ4v) is 1.94. The van der Waals surface area contributed by atoms with E-state index < -0.39 is 0 Å². The van der Waals surface area contributed by atoms with Gasteiger partial charge in [-0.15, -0.1) is 0 Å². The molecule has 0 saturated carbocycles. The van der Waals surface area contributed by atoms with Crippen LogP contribution in [0.25, 0.3) is 0 Å². The van der Waals surface area contributed by atoms with Crippen molar-refractivity contribution in [1.82, 2.24) is 5.32 Å². The van der Waals surface area contributed by atoms with Crippen LogP contribution in [-0.2, 0) is 11.3 Å². The fourth-order valence-electron chi connectivity index (χ4n) is 1.94. The lowest BCUT2D eigenvalue weighted by Crippen LogP contribution is -2.35. The largest absolute Gasteiger partial charge is 0.483 e. The normalized spacial score (nSPS) is 12.1. The molecule has 1 aromatic rings. The Balaban J connectivity index is 2.65. The molecule has 1 unspecified atom stereocenters. The van der Waals surface area contributed by atoms with Crippen molar-refractivity contribution in [2.75, 3.05) is 6.61 Å². The fraction of sp³-hybridized carbons (Fsp3) is 0.533.